The number of alkyl halides is 5. The van der Waals surface area contributed by atoms with E-state index in [1.165, 1.54) is 0 Å². The summed E-state index contributed by atoms with van der Waals surface area (Å²) in [7, 11) is 3.71. The number of hydrogen-bond donors (Lipinski definition) is 4. The van der Waals surface area contributed by atoms with Crippen LogP contribution in [0.25, 0.3) is 22.2 Å². The molecule has 15 heteroatoms. The zero-order valence-electron chi connectivity index (χ0n) is 29.2. The van der Waals surface area contributed by atoms with Crippen LogP contribution >= 0.6 is 12.8 Å². The third-order valence-corrected chi connectivity index (χ3v) is 10.0. The molecule has 282 valence electrons. The Morgan fingerprint density at radius 2 is 1.62 bits per heavy atom. The number of carbonyl (C=O) groups excluding carboxylic acids is 1. The minimum Gasteiger partial charge on any atom is -0.483 e. The zero-order valence-corrected chi connectivity index (χ0v) is 30.1. The highest BCUT2D eigenvalue weighted by Gasteiger charge is 2.44. The van der Waals surface area contributed by atoms with Gasteiger partial charge in [0.15, 0.2) is 0 Å². The molecule has 2 fully saturated rings. The van der Waals surface area contributed by atoms with E-state index in [4.69, 9.17) is 9.90 Å². The van der Waals surface area contributed by atoms with Crippen LogP contribution in [0.5, 0.6) is 0 Å². The largest absolute Gasteiger partial charge is 0.483 e. The number of halogens is 6. The van der Waals surface area contributed by atoms with Gasteiger partial charge >= 0.3 is 6.18 Å². The van der Waals surface area contributed by atoms with E-state index < -0.39 is 35.3 Å². The van der Waals surface area contributed by atoms with Crippen molar-refractivity contribution in [2.24, 2.45) is 18.9 Å². The summed E-state index contributed by atoms with van der Waals surface area (Å²) in [4.78, 5) is 28.7. The van der Waals surface area contributed by atoms with Gasteiger partial charge in [0.05, 0.1) is 22.3 Å². The van der Waals surface area contributed by atoms with Crippen molar-refractivity contribution < 1.29 is 41.0 Å². The van der Waals surface area contributed by atoms with Crippen LogP contribution in [0.2, 0.25) is 0 Å². The number of anilines is 1. The van der Waals surface area contributed by atoms with Gasteiger partial charge in [0.2, 0.25) is 5.91 Å². The monoisotopic (exact) mass is 751 g/mol. The molecular weight excluding hydrogens is 708 g/mol. The smallest absolute Gasteiger partial charge is 0.416 e. The number of aryl methyl sites for hydroxylation is 2. The van der Waals surface area contributed by atoms with Gasteiger partial charge in [0.1, 0.15) is 11.6 Å². The molecule has 0 bridgehead atoms. The van der Waals surface area contributed by atoms with Gasteiger partial charge < -0.3 is 15.0 Å². The Morgan fingerprint density at radius 3 is 2.19 bits per heavy atom. The summed E-state index contributed by atoms with van der Waals surface area (Å²) in [6, 6.07) is 16.1. The fourth-order valence-corrected chi connectivity index (χ4v) is 7.13. The average Bonchev–Trinajstić information content (AvgIpc) is 3.38. The molecule has 1 aliphatic heterocycles. The molecule has 4 aromatic rings. The molecule has 2 heterocycles. The van der Waals surface area contributed by atoms with Crippen LogP contribution in [0.15, 0.2) is 60.7 Å². The van der Waals surface area contributed by atoms with Crippen LogP contribution in [0.4, 0.5) is 32.0 Å². The fourth-order valence-electron chi connectivity index (χ4n) is 7.13. The number of benzene rings is 3. The molecule has 0 radical (unpaired) electrons. The first-order chi connectivity index (χ1) is 24.5. The van der Waals surface area contributed by atoms with Crippen LogP contribution in [0.1, 0.15) is 55.5 Å². The number of likely N-dealkylation sites (tertiary alicyclic amines) is 1. The van der Waals surface area contributed by atoms with E-state index in [0.717, 1.165) is 45.7 Å². The molecule has 1 aliphatic carbocycles. The molecule has 4 atom stereocenters. The van der Waals surface area contributed by atoms with Crippen molar-refractivity contribution in [1.82, 2.24) is 19.2 Å². The number of hydrogen-bond acceptors (Lipinski definition) is 6. The second-order valence-corrected chi connectivity index (χ2v) is 13.6. The van der Waals surface area contributed by atoms with Crippen LogP contribution in [0.3, 0.4) is 0 Å². The lowest BCUT2D eigenvalue weighted by molar-refractivity contribution is -0.137. The lowest BCUT2D eigenvalue weighted by Gasteiger charge is -2.46. The first-order valence-corrected chi connectivity index (χ1v) is 17.2. The van der Waals surface area contributed by atoms with Crippen LogP contribution in [-0.2, 0) is 22.8 Å². The molecule has 3 unspecified atom stereocenters. The van der Waals surface area contributed by atoms with Crippen molar-refractivity contribution >= 4 is 41.9 Å². The summed E-state index contributed by atoms with van der Waals surface area (Å²) >= 11 is 3.54. The maximum absolute atomic E-state index is 14.7. The molecule has 3 N–H and O–H groups in total. The number of carbonyl (C=O) groups is 2. The Morgan fingerprint density at radius 1 is 1.02 bits per heavy atom. The van der Waals surface area contributed by atoms with Crippen molar-refractivity contribution in [1.29, 1.82) is 0 Å². The van der Waals surface area contributed by atoms with Crippen molar-refractivity contribution in [3.63, 3.8) is 0 Å². The Labute approximate surface area is 304 Å². The Hall–Kier alpha value is -4.08. The molecule has 52 heavy (non-hydrogen) atoms. The van der Waals surface area contributed by atoms with Gasteiger partial charge in [-0.05, 0) is 85.7 Å². The normalized spacial score (nSPS) is 21.7. The van der Waals surface area contributed by atoms with Gasteiger partial charge in [-0.2, -0.15) is 13.2 Å². The van der Waals surface area contributed by atoms with Gasteiger partial charge in [-0.1, -0.05) is 50.1 Å². The first-order valence-electron chi connectivity index (χ1n) is 16.7. The summed E-state index contributed by atoms with van der Waals surface area (Å²) in [5, 5.41) is 9.41. The quantitative estimate of drug-likeness (QED) is 0.0931. The lowest BCUT2D eigenvalue weighted by Crippen LogP contribution is -2.50. The number of piperidine rings is 1. The third-order valence-electron chi connectivity index (χ3n) is 10.0. The summed E-state index contributed by atoms with van der Waals surface area (Å²) in [5.74, 6) is -4.42. The number of amides is 1. The number of fused-ring (bicyclic) bond motifs is 1. The van der Waals surface area contributed by atoms with Gasteiger partial charge in [0.25, 0.3) is 12.4 Å². The van der Waals surface area contributed by atoms with Gasteiger partial charge in [0, 0.05) is 44.9 Å². The van der Waals surface area contributed by atoms with Crippen LogP contribution in [-0.4, -0.2) is 64.0 Å². The van der Waals surface area contributed by atoms with Crippen molar-refractivity contribution in [3.8, 4) is 11.1 Å². The first kappa shape index (κ1) is 40.7. The Bertz CT molecular complexity index is 1830. The molecule has 1 saturated heterocycles. The molecule has 1 saturated carbocycles. The number of thiol groups is 1. The van der Waals surface area contributed by atoms with E-state index in [9.17, 15) is 31.1 Å². The van der Waals surface area contributed by atoms with E-state index in [1.54, 1.807) is 7.05 Å². The Balaban J connectivity index is 0.000000944. The molecule has 6 rings (SSSR count). The highest BCUT2D eigenvalue weighted by molar-refractivity contribution is 7.78. The topological polar surface area (TPSA) is 99.5 Å². The van der Waals surface area contributed by atoms with Crippen LogP contribution < -0.4 is 10.0 Å². The number of carboxylic acid groups (broad SMARTS) is 1. The third kappa shape index (κ3) is 9.66. The number of nitrogens with zero attached hydrogens (tertiary/aromatic N) is 3. The number of nitrogens with one attached hydrogen (secondary N) is 2. The predicted molar refractivity (Wildman–Crippen MR) is 192 cm³/mol. The second kappa shape index (κ2) is 17.2. The number of aromatic nitrogens is 2. The maximum atomic E-state index is 14.7. The number of imidazole rings is 1. The average molecular weight is 752 g/mol. The predicted octanol–water partition coefficient (Wildman–Crippen LogP) is 8.33. The summed E-state index contributed by atoms with van der Waals surface area (Å²) in [5.41, 5.74) is 3.47. The van der Waals surface area contributed by atoms with Gasteiger partial charge in [-0.3, -0.25) is 19.2 Å². The van der Waals surface area contributed by atoms with E-state index in [1.807, 2.05) is 72.8 Å². The lowest BCUT2D eigenvalue weighted by atomic mass is 9.67. The molecular formula is C37H43F6N5O3S. The molecule has 0 spiro atoms. The standard InChI is InChI=1S/C35H36F6N4O.CH5NS.CH2O2/c1-20-27(23-6-4-22(5-7-23)24-8-11-32-31(16-24)42-21(2)44(32)3)18-26(45-14-12-34(37,38)13-15-45)19-28(20)33(46)43-30-10-9-25(17-29(30)36)35(39,40)41;1-2-3;2-1-3/h4-11,16-17,20,26-28H,12-15,18-19H2,1-3H3,(H,43,46);2-3H,1H3;1H,(H,2,3)/t20-,26?,27?,28?;;/m1../s1. The number of rotatable bonds is 5. The van der Waals surface area contributed by atoms with Gasteiger partial charge in [-0.25, -0.2) is 18.2 Å². The minimum atomic E-state index is -4.72. The highest BCUT2D eigenvalue weighted by atomic mass is 32.1. The molecule has 8 nitrogen and oxygen atoms in total. The second-order valence-electron chi connectivity index (χ2n) is 13.1. The van der Waals surface area contributed by atoms with E-state index in [-0.39, 0.29) is 56.0 Å². The maximum Gasteiger partial charge on any atom is 0.416 e. The Kier molecular flexibility index (Phi) is 13.4. The minimum absolute atomic E-state index is 0.107. The zero-order chi connectivity index (χ0) is 38.4. The van der Waals surface area contributed by atoms with E-state index in [2.05, 4.69) is 27.8 Å². The highest BCUT2D eigenvalue weighted by Crippen LogP contribution is 2.45. The van der Waals surface area contributed by atoms with Gasteiger partial charge in [-0.15, -0.1) is 0 Å². The van der Waals surface area contributed by atoms with Crippen molar-refractivity contribution in [3.05, 3.63) is 83.4 Å². The molecule has 2 aliphatic rings. The van der Waals surface area contributed by atoms with Crippen molar-refractivity contribution in [2.75, 3.05) is 25.5 Å². The van der Waals surface area contributed by atoms with E-state index >= 15 is 0 Å². The fraction of sp³-hybridized carbons (Fsp3) is 0.432. The van der Waals surface area contributed by atoms with E-state index in [0.29, 0.717) is 18.9 Å². The summed E-state index contributed by atoms with van der Waals surface area (Å²) in [6.45, 7) is 4.06. The van der Waals surface area contributed by atoms with Crippen LogP contribution in [0, 0.1) is 24.6 Å². The summed E-state index contributed by atoms with van der Waals surface area (Å²) in [6.07, 6.45) is -4.20. The molecule has 3 aromatic carbocycles. The molecule has 1 aromatic heterocycles. The molecule has 1 amide bonds. The summed E-state index contributed by atoms with van der Waals surface area (Å²) < 4.78 is 86.4. The SMILES string of the molecule is CNS.Cc1nc2cc(-c3ccc(C4CC(N5CCC(F)(F)CC5)CC(C(=O)Nc5ccc(C(F)(F)F)cc5F)[C@@H]4C)cc3)ccc2n1C.O=CO. The van der Waals surface area contributed by atoms with Crippen molar-refractivity contribution in [2.45, 2.75) is 63.6 Å².